The smallest absolute Gasteiger partial charge is 0.326 e. The van der Waals surface area contributed by atoms with E-state index in [0.717, 1.165) is 25.7 Å². The highest BCUT2D eigenvalue weighted by Crippen LogP contribution is 2.13. The number of amides is 1. The third-order valence-corrected chi connectivity index (χ3v) is 3.98. The van der Waals surface area contributed by atoms with E-state index in [9.17, 15) is 14.7 Å². The largest absolute Gasteiger partial charge is 0.494 e. The van der Waals surface area contributed by atoms with Crippen molar-refractivity contribution in [2.75, 3.05) is 19.0 Å². The maximum atomic E-state index is 12.2. The molecule has 0 bridgehead atoms. The minimum atomic E-state index is -1.04. The number of ether oxygens (including phenoxy) is 1. The van der Waals surface area contributed by atoms with Gasteiger partial charge in [-0.05, 0) is 69.3 Å². The normalized spacial score (nSPS) is 11.8. The number of hydrogen-bond acceptors (Lipinski definition) is 4. The van der Waals surface area contributed by atoms with Crippen molar-refractivity contribution in [3.8, 4) is 5.75 Å². The Balaban J connectivity index is 2.47. The Labute approximate surface area is 153 Å². The maximum Gasteiger partial charge on any atom is 0.326 e. The number of carbonyl (C=O) groups is 2. The summed E-state index contributed by atoms with van der Waals surface area (Å²) in [6.45, 7) is 1.11. The lowest BCUT2D eigenvalue weighted by molar-refractivity contribution is -0.139. The number of carboxylic acids is 1. The minimum absolute atomic E-state index is 0.363. The molecule has 1 aromatic carbocycles. The molecule has 0 aromatic heterocycles. The van der Waals surface area contributed by atoms with E-state index < -0.39 is 17.9 Å². The molecule has 6 nitrogen and oxygen atoms in total. The van der Waals surface area contributed by atoms with Crippen LogP contribution in [0.25, 0.3) is 0 Å². The van der Waals surface area contributed by atoms with Crippen molar-refractivity contribution in [3.05, 3.63) is 29.8 Å². The van der Waals surface area contributed by atoms with Crippen LogP contribution in [0.1, 0.15) is 48.9 Å². The van der Waals surface area contributed by atoms with Crippen LogP contribution < -0.4 is 15.8 Å². The molecule has 4 N–H and O–H groups in total. The van der Waals surface area contributed by atoms with Crippen LogP contribution in [0, 0.1) is 0 Å². The van der Waals surface area contributed by atoms with Crippen molar-refractivity contribution in [3.63, 3.8) is 0 Å². The van der Waals surface area contributed by atoms with Crippen LogP contribution in [0.4, 0.5) is 0 Å². The molecule has 1 aromatic rings. The maximum absolute atomic E-state index is 12.2. The summed E-state index contributed by atoms with van der Waals surface area (Å²) in [5, 5.41) is 11.7. The van der Waals surface area contributed by atoms with Gasteiger partial charge in [-0.1, -0.05) is 0 Å². The first-order chi connectivity index (χ1) is 12.1. The van der Waals surface area contributed by atoms with Gasteiger partial charge in [0.15, 0.2) is 0 Å². The molecular weight excluding hydrogens is 344 g/mol. The summed E-state index contributed by atoms with van der Waals surface area (Å²) in [6.07, 6.45) is 4.67. The molecule has 0 unspecified atom stereocenters. The van der Waals surface area contributed by atoms with Gasteiger partial charge in [-0.15, -0.1) is 11.6 Å². The zero-order chi connectivity index (χ0) is 18.5. The van der Waals surface area contributed by atoms with Crippen molar-refractivity contribution in [1.82, 2.24) is 5.32 Å². The van der Waals surface area contributed by atoms with Gasteiger partial charge in [-0.3, -0.25) is 4.79 Å². The molecule has 0 heterocycles. The molecule has 0 saturated carbocycles. The summed E-state index contributed by atoms with van der Waals surface area (Å²) in [4.78, 5) is 23.4. The fourth-order valence-corrected chi connectivity index (χ4v) is 2.45. The van der Waals surface area contributed by atoms with Crippen molar-refractivity contribution < 1.29 is 19.4 Å². The van der Waals surface area contributed by atoms with E-state index in [-0.39, 0.29) is 0 Å². The topological polar surface area (TPSA) is 102 Å². The number of rotatable bonds is 13. The molecular formula is C18H27ClN2O4. The van der Waals surface area contributed by atoms with E-state index in [2.05, 4.69) is 5.32 Å². The quantitative estimate of drug-likeness (QED) is 0.366. The Hall–Kier alpha value is -1.79. The van der Waals surface area contributed by atoms with Crippen LogP contribution in [-0.4, -0.2) is 42.1 Å². The summed E-state index contributed by atoms with van der Waals surface area (Å²) in [5.74, 6) is -0.107. The van der Waals surface area contributed by atoms with Gasteiger partial charge in [-0.2, -0.15) is 0 Å². The number of aliphatic carboxylic acids is 1. The standard InChI is InChI=1S/C18H27ClN2O4/c19-11-3-1-5-13-25-15-9-7-14(8-10-15)17(22)21-16(18(23)24)6-2-4-12-20/h7-10,16H,1-6,11-13,20H2,(H,21,22)(H,23,24)/t16-/m0/s1. The molecule has 0 saturated heterocycles. The molecule has 0 aliphatic rings. The molecule has 25 heavy (non-hydrogen) atoms. The third-order valence-electron chi connectivity index (χ3n) is 3.71. The number of nitrogens with two attached hydrogens (primary N) is 1. The Kier molecular flexibility index (Phi) is 10.7. The second kappa shape index (κ2) is 12.6. The first-order valence-corrected chi connectivity index (χ1v) is 9.14. The van der Waals surface area contributed by atoms with Gasteiger partial charge in [0, 0.05) is 11.4 Å². The monoisotopic (exact) mass is 370 g/mol. The van der Waals surface area contributed by atoms with Gasteiger partial charge in [0.2, 0.25) is 0 Å². The van der Waals surface area contributed by atoms with E-state index in [0.29, 0.717) is 43.2 Å². The molecule has 1 amide bonds. The predicted molar refractivity (Wildman–Crippen MR) is 98.3 cm³/mol. The van der Waals surface area contributed by atoms with Crippen LogP contribution in [0.2, 0.25) is 0 Å². The third kappa shape index (κ3) is 8.74. The van der Waals surface area contributed by atoms with Gasteiger partial charge in [-0.25, -0.2) is 4.79 Å². The van der Waals surface area contributed by atoms with Gasteiger partial charge in [0.1, 0.15) is 11.8 Å². The number of alkyl halides is 1. The Morgan fingerprint density at radius 2 is 1.84 bits per heavy atom. The zero-order valence-corrected chi connectivity index (χ0v) is 15.1. The van der Waals surface area contributed by atoms with Crippen molar-refractivity contribution in [2.45, 2.75) is 44.6 Å². The van der Waals surface area contributed by atoms with Gasteiger partial charge < -0.3 is 20.9 Å². The molecule has 1 rings (SSSR count). The summed E-state index contributed by atoms with van der Waals surface area (Å²) in [5.41, 5.74) is 5.81. The number of benzene rings is 1. The summed E-state index contributed by atoms with van der Waals surface area (Å²) in [6, 6.07) is 5.77. The highest BCUT2D eigenvalue weighted by atomic mass is 35.5. The Bertz CT molecular complexity index is 522. The Morgan fingerprint density at radius 3 is 2.44 bits per heavy atom. The number of unbranched alkanes of at least 4 members (excludes halogenated alkanes) is 3. The number of halogens is 1. The Morgan fingerprint density at radius 1 is 1.12 bits per heavy atom. The van der Waals surface area contributed by atoms with Crippen LogP contribution in [0.3, 0.4) is 0 Å². The first-order valence-electron chi connectivity index (χ1n) is 8.61. The lowest BCUT2D eigenvalue weighted by atomic mass is 10.1. The molecule has 140 valence electrons. The van der Waals surface area contributed by atoms with E-state index >= 15 is 0 Å². The molecule has 0 radical (unpaired) electrons. The van der Waals surface area contributed by atoms with E-state index in [1.807, 2.05) is 0 Å². The van der Waals surface area contributed by atoms with E-state index in [4.69, 9.17) is 22.1 Å². The first kappa shape index (κ1) is 21.3. The molecule has 0 aliphatic heterocycles. The molecule has 0 spiro atoms. The molecule has 1 atom stereocenters. The molecule has 7 heteroatoms. The number of carbonyl (C=O) groups excluding carboxylic acids is 1. The zero-order valence-electron chi connectivity index (χ0n) is 14.4. The van der Waals surface area contributed by atoms with E-state index in [1.54, 1.807) is 24.3 Å². The SMILES string of the molecule is NCCCC[C@H](NC(=O)c1ccc(OCCCCCCl)cc1)C(=O)O. The van der Waals surface area contributed by atoms with Crippen molar-refractivity contribution in [1.29, 1.82) is 0 Å². The average molecular weight is 371 g/mol. The average Bonchev–Trinajstić information content (AvgIpc) is 2.61. The fraction of sp³-hybridized carbons (Fsp3) is 0.556. The lowest BCUT2D eigenvalue weighted by Gasteiger charge is -2.14. The fourth-order valence-electron chi connectivity index (χ4n) is 2.26. The second-order valence-electron chi connectivity index (χ2n) is 5.77. The van der Waals surface area contributed by atoms with Gasteiger partial charge >= 0.3 is 5.97 Å². The van der Waals surface area contributed by atoms with Gasteiger partial charge in [0.05, 0.1) is 6.61 Å². The number of nitrogens with one attached hydrogen (secondary N) is 1. The number of hydrogen-bond donors (Lipinski definition) is 3. The van der Waals surface area contributed by atoms with Crippen LogP contribution in [0.15, 0.2) is 24.3 Å². The predicted octanol–water partition coefficient (Wildman–Crippen LogP) is 2.79. The summed E-state index contributed by atoms with van der Waals surface area (Å²) in [7, 11) is 0. The minimum Gasteiger partial charge on any atom is -0.494 e. The molecule has 0 aliphatic carbocycles. The lowest BCUT2D eigenvalue weighted by Crippen LogP contribution is -2.40. The molecule has 0 fully saturated rings. The van der Waals surface area contributed by atoms with Crippen LogP contribution >= 0.6 is 11.6 Å². The highest BCUT2D eigenvalue weighted by Gasteiger charge is 2.20. The van der Waals surface area contributed by atoms with Crippen LogP contribution in [-0.2, 0) is 4.79 Å². The van der Waals surface area contributed by atoms with Gasteiger partial charge in [0.25, 0.3) is 5.91 Å². The summed E-state index contributed by atoms with van der Waals surface area (Å²) < 4.78 is 5.59. The van der Waals surface area contributed by atoms with Crippen molar-refractivity contribution in [2.24, 2.45) is 5.73 Å². The highest BCUT2D eigenvalue weighted by molar-refractivity contribution is 6.17. The second-order valence-corrected chi connectivity index (χ2v) is 6.15. The summed E-state index contributed by atoms with van der Waals surface area (Å²) >= 11 is 5.61. The van der Waals surface area contributed by atoms with Crippen molar-refractivity contribution >= 4 is 23.5 Å². The number of carboxylic acid groups (broad SMARTS) is 1. The van der Waals surface area contributed by atoms with Crippen LogP contribution in [0.5, 0.6) is 5.75 Å². The van der Waals surface area contributed by atoms with E-state index in [1.165, 1.54) is 0 Å².